The summed E-state index contributed by atoms with van der Waals surface area (Å²) in [6.45, 7) is 1.54. The third-order valence-electron chi connectivity index (χ3n) is 1.52. The summed E-state index contributed by atoms with van der Waals surface area (Å²) in [5.41, 5.74) is 0. The highest BCUT2D eigenvalue weighted by Crippen LogP contribution is 2.13. The molecule has 0 aromatic heterocycles. The summed E-state index contributed by atoms with van der Waals surface area (Å²) in [5.74, 6) is -0.668. The largest absolute Gasteiger partial charge is 0.449 e. The zero-order valence-electron chi connectivity index (χ0n) is 7.24. The van der Waals surface area contributed by atoms with Crippen LogP contribution in [0.4, 0.5) is 0 Å². The molecule has 1 aromatic carbocycles. The van der Waals surface area contributed by atoms with Gasteiger partial charge in [0.2, 0.25) is 0 Å². The van der Waals surface area contributed by atoms with Crippen LogP contribution in [-0.2, 0) is 0 Å². The molecule has 3 heteroatoms. The molecular weight excluding hydrogens is 154 g/mol. The van der Waals surface area contributed by atoms with Crippen molar-refractivity contribution in [3.8, 4) is 5.75 Å². The Hall–Kier alpha value is -1.06. The molecule has 0 aliphatic rings. The first-order valence-electron chi connectivity index (χ1n) is 3.79. The molecule has 0 amide bonds. The van der Waals surface area contributed by atoms with Crippen molar-refractivity contribution in [3.63, 3.8) is 0 Å². The molecule has 3 nitrogen and oxygen atoms in total. The van der Waals surface area contributed by atoms with Crippen molar-refractivity contribution in [1.82, 2.24) is 5.32 Å². The van der Waals surface area contributed by atoms with Crippen molar-refractivity contribution in [3.05, 3.63) is 30.3 Å². The normalized spacial score (nSPS) is 15.2. The molecule has 1 rings (SSSR count). The zero-order valence-corrected chi connectivity index (χ0v) is 7.24. The molecule has 0 saturated carbocycles. The smallest absolute Gasteiger partial charge is 0.264 e. The maximum Gasteiger partial charge on any atom is 0.264 e. The Balaban J connectivity index is 2.64. The average molecular weight is 167 g/mol. The Morgan fingerprint density at radius 1 is 1.33 bits per heavy atom. The first-order valence-corrected chi connectivity index (χ1v) is 3.79. The Labute approximate surface area is 72.0 Å². The zero-order chi connectivity index (χ0) is 9.03. The molecule has 12 heavy (non-hydrogen) atoms. The number of benzene rings is 1. The van der Waals surface area contributed by atoms with Crippen molar-refractivity contribution in [2.75, 3.05) is 7.05 Å². The van der Waals surface area contributed by atoms with Gasteiger partial charge in [-0.1, -0.05) is 18.2 Å². The molecule has 0 aliphatic carbocycles. The van der Waals surface area contributed by atoms with Gasteiger partial charge in [-0.2, -0.15) is 0 Å². The number of rotatable bonds is 3. The number of nitrogens with one attached hydrogen (secondary N) is 1. The first kappa shape index (κ1) is 9.03. The molecule has 1 atom stereocenters. The summed E-state index contributed by atoms with van der Waals surface area (Å²) in [6.07, 6.45) is 0. The van der Waals surface area contributed by atoms with Crippen LogP contribution >= 0.6 is 0 Å². The van der Waals surface area contributed by atoms with E-state index in [2.05, 4.69) is 5.32 Å². The third-order valence-corrected chi connectivity index (χ3v) is 1.52. The van der Waals surface area contributed by atoms with Crippen molar-refractivity contribution in [2.24, 2.45) is 0 Å². The van der Waals surface area contributed by atoms with Crippen LogP contribution in [0.2, 0.25) is 0 Å². The van der Waals surface area contributed by atoms with Crippen molar-refractivity contribution in [2.45, 2.75) is 12.8 Å². The fourth-order valence-corrected chi connectivity index (χ4v) is 0.769. The molecule has 1 unspecified atom stereocenters. The first-order chi connectivity index (χ1) is 5.64. The van der Waals surface area contributed by atoms with E-state index in [4.69, 9.17) is 4.74 Å². The van der Waals surface area contributed by atoms with E-state index in [0.717, 1.165) is 0 Å². The molecule has 0 spiro atoms. The van der Waals surface area contributed by atoms with Gasteiger partial charge in [-0.15, -0.1) is 0 Å². The third kappa shape index (κ3) is 2.53. The molecule has 0 saturated heterocycles. The van der Waals surface area contributed by atoms with Crippen molar-refractivity contribution in [1.29, 1.82) is 0 Å². The van der Waals surface area contributed by atoms with E-state index in [1.165, 1.54) is 0 Å². The quantitative estimate of drug-likeness (QED) is 0.658. The predicted molar refractivity (Wildman–Crippen MR) is 46.8 cm³/mol. The van der Waals surface area contributed by atoms with Gasteiger partial charge in [0, 0.05) is 6.92 Å². The molecule has 0 bridgehead atoms. The van der Waals surface area contributed by atoms with E-state index in [0.29, 0.717) is 5.75 Å². The van der Waals surface area contributed by atoms with E-state index in [9.17, 15) is 5.11 Å². The van der Waals surface area contributed by atoms with Gasteiger partial charge in [0.25, 0.3) is 5.91 Å². The van der Waals surface area contributed by atoms with Gasteiger partial charge in [-0.05, 0) is 19.2 Å². The van der Waals surface area contributed by atoms with Gasteiger partial charge < -0.3 is 9.84 Å². The summed E-state index contributed by atoms with van der Waals surface area (Å²) in [5, 5.41) is 12.1. The van der Waals surface area contributed by atoms with Crippen molar-refractivity contribution < 1.29 is 9.84 Å². The number of aliphatic hydroxyl groups is 1. The van der Waals surface area contributed by atoms with E-state index in [1.54, 1.807) is 26.1 Å². The van der Waals surface area contributed by atoms with E-state index in [-0.39, 0.29) is 0 Å². The lowest BCUT2D eigenvalue weighted by Gasteiger charge is -2.23. The Bertz CT molecular complexity index is 234. The second-order valence-electron chi connectivity index (χ2n) is 2.65. The molecular formula is C9H13NO2. The number of ether oxygens (including phenoxy) is 1. The molecule has 2 N–H and O–H groups in total. The highest BCUT2D eigenvalue weighted by molar-refractivity contribution is 5.21. The topological polar surface area (TPSA) is 41.5 Å². The van der Waals surface area contributed by atoms with Crippen LogP contribution in [0.25, 0.3) is 0 Å². The fourth-order valence-electron chi connectivity index (χ4n) is 0.769. The fraction of sp³-hybridized carbons (Fsp3) is 0.333. The van der Waals surface area contributed by atoms with Crippen LogP contribution < -0.4 is 10.1 Å². The molecule has 0 heterocycles. The molecule has 0 aliphatic heterocycles. The van der Waals surface area contributed by atoms with Crippen LogP contribution in [0.3, 0.4) is 0 Å². The van der Waals surface area contributed by atoms with E-state index >= 15 is 0 Å². The lowest BCUT2D eigenvalue weighted by molar-refractivity contribution is -0.142. The lowest BCUT2D eigenvalue weighted by Crippen LogP contribution is -2.45. The lowest BCUT2D eigenvalue weighted by atomic mass is 10.3. The highest BCUT2D eigenvalue weighted by atomic mass is 16.6. The molecule has 0 fully saturated rings. The maximum atomic E-state index is 9.44. The maximum absolute atomic E-state index is 9.44. The Morgan fingerprint density at radius 2 is 1.92 bits per heavy atom. The van der Waals surface area contributed by atoms with Gasteiger partial charge >= 0.3 is 0 Å². The summed E-state index contributed by atoms with van der Waals surface area (Å²) in [6, 6.07) is 9.15. The summed E-state index contributed by atoms with van der Waals surface area (Å²) in [7, 11) is 1.63. The Morgan fingerprint density at radius 3 is 2.42 bits per heavy atom. The summed E-state index contributed by atoms with van der Waals surface area (Å²) < 4.78 is 5.20. The predicted octanol–water partition coefficient (Wildman–Crippen LogP) is 0.951. The minimum absolute atomic E-state index is 0.636. The van der Waals surface area contributed by atoms with Crippen LogP contribution in [0, 0.1) is 0 Å². The molecule has 0 radical (unpaired) electrons. The van der Waals surface area contributed by atoms with Crippen LogP contribution in [-0.4, -0.2) is 18.1 Å². The van der Waals surface area contributed by atoms with Crippen LogP contribution in [0.15, 0.2) is 30.3 Å². The minimum Gasteiger partial charge on any atom is -0.449 e. The number of hydrogen-bond donors (Lipinski definition) is 2. The average Bonchev–Trinajstić information content (AvgIpc) is 2.06. The number of para-hydroxylation sites is 1. The van der Waals surface area contributed by atoms with Gasteiger partial charge in [0.1, 0.15) is 5.75 Å². The summed E-state index contributed by atoms with van der Waals surface area (Å²) in [4.78, 5) is 0. The second-order valence-corrected chi connectivity index (χ2v) is 2.65. The number of hydrogen-bond acceptors (Lipinski definition) is 3. The van der Waals surface area contributed by atoms with Gasteiger partial charge in [-0.3, -0.25) is 5.32 Å². The van der Waals surface area contributed by atoms with Gasteiger partial charge in [-0.25, -0.2) is 0 Å². The molecule has 1 aromatic rings. The molecule has 66 valence electrons. The van der Waals surface area contributed by atoms with Gasteiger partial charge in [0.05, 0.1) is 0 Å². The van der Waals surface area contributed by atoms with E-state index in [1.807, 2.05) is 18.2 Å². The van der Waals surface area contributed by atoms with Crippen LogP contribution in [0.5, 0.6) is 5.75 Å². The van der Waals surface area contributed by atoms with Crippen molar-refractivity contribution >= 4 is 0 Å². The van der Waals surface area contributed by atoms with Crippen LogP contribution in [0.1, 0.15) is 6.92 Å². The monoisotopic (exact) mass is 167 g/mol. The van der Waals surface area contributed by atoms with Gasteiger partial charge in [0.15, 0.2) is 0 Å². The SMILES string of the molecule is CNC(C)(O)Oc1ccccc1. The Kier molecular flexibility index (Phi) is 2.68. The highest BCUT2D eigenvalue weighted by Gasteiger charge is 2.18. The second kappa shape index (κ2) is 3.56. The minimum atomic E-state index is -1.30. The van der Waals surface area contributed by atoms with E-state index < -0.39 is 5.91 Å². The summed E-state index contributed by atoms with van der Waals surface area (Å²) >= 11 is 0. The standard InChI is InChI=1S/C9H13NO2/c1-9(11,10-2)12-8-6-4-3-5-7-8/h3-7,10-11H,1-2H3.